The molecule has 1 aliphatic rings. The summed E-state index contributed by atoms with van der Waals surface area (Å²) in [5.41, 5.74) is 0.520. The van der Waals surface area contributed by atoms with Crippen molar-refractivity contribution in [1.82, 2.24) is 9.80 Å². The monoisotopic (exact) mass is 417 g/mol. The molecule has 0 radical (unpaired) electrons. The van der Waals surface area contributed by atoms with Crippen LogP contribution in [-0.2, 0) is 9.59 Å². The summed E-state index contributed by atoms with van der Waals surface area (Å²) in [4.78, 5) is 27.9. The predicted octanol–water partition coefficient (Wildman–Crippen LogP) is 2.51. The molecule has 29 heavy (non-hydrogen) atoms. The molecule has 0 spiro atoms. The molecule has 0 fully saturated rings. The van der Waals surface area contributed by atoms with Gasteiger partial charge in [-0.05, 0) is 31.3 Å². The standard InChI is InChI=1S/C21H24ClN3O4/c1-24(11-15-14-28-18-9-5-6-10-19(18)29-15)13-21(27)25(2)12-20(26)23-17-8-4-3-7-16(17)22/h3-10,15H,11-14H2,1-2H3,(H,23,26)/t15-/m1/s1. The van der Waals surface area contributed by atoms with Crippen LogP contribution in [0.4, 0.5) is 5.69 Å². The van der Waals surface area contributed by atoms with Gasteiger partial charge in [-0.25, -0.2) is 0 Å². The number of fused-ring (bicyclic) bond motifs is 1. The third-order valence-corrected chi connectivity index (χ3v) is 4.77. The Labute approximate surface area is 175 Å². The van der Waals surface area contributed by atoms with Crippen molar-refractivity contribution in [2.24, 2.45) is 0 Å². The van der Waals surface area contributed by atoms with Gasteiger partial charge in [0.1, 0.15) is 12.7 Å². The fraction of sp³-hybridized carbons (Fsp3) is 0.333. The molecule has 0 saturated carbocycles. The van der Waals surface area contributed by atoms with E-state index in [9.17, 15) is 9.59 Å². The molecule has 1 N–H and O–H groups in total. The molecule has 1 aliphatic heterocycles. The van der Waals surface area contributed by atoms with Gasteiger partial charge in [0.2, 0.25) is 11.8 Å². The number of likely N-dealkylation sites (N-methyl/N-ethyl adjacent to an activating group) is 2. The maximum atomic E-state index is 12.5. The van der Waals surface area contributed by atoms with Crippen LogP contribution < -0.4 is 14.8 Å². The van der Waals surface area contributed by atoms with E-state index in [2.05, 4.69) is 5.32 Å². The second-order valence-corrected chi connectivity index (χ2v) is 7.38. The first kappa shape index (κ1) is 21.0. The number of benzene rings is 2. The normalized spacial score (nSPS) is 15.1. The Kier molecular flexibility index (Phi) is 6.95. The van der Waals surface area contributed by atoms with Gasteiger partial charge >= 0.3 is 0 Å². The minimum atomic E-state index is -0.308. The lowest BCUT2D eigenvalue weighted by Crippen LogP contribution is -2.45. The van der Waals surface area contributed by atoms with Gasteiger partial charge in [0.05, 0.1) is 23.8 Å². The first-order chi connectivity index (χ1) is 13.9. The minimum absolute atomic E-state index is 0.0612. The Morgan fingerprint density at radius 3 is 2.52 bits per heavy atom. The van der Waals surface area contributed by atoms with E-state index in [0.717, 1.165) is 5.75 Å². The highest BCUT2D eigenvalue weighted by molar-refractivity contribution is 6.33. The van der Waals surface area contributed by atoms with Crippen molar-refractivity contribution in [3.63, 3.8) is 0 Å². The van der Waals surface area contributed by atoms with Gasteiger partial charge in [-0.2, -0.15) is 0 Å². The van der Waals surface area contributed by atoms with Crippen molar-refractivity contribution in [2.45, 2.75) is 6.10 Å². The van der Waals surface area contributed by atoms with E-state index in [1.807, 2.05) is 36.2 Å². The summed E-state index contributed by atoms with van der Waals surface area (Å²) in [6.45, 7) is 1.05. The molecule has 1 heterocycles. The van der Waals surface area contributed by atoms with Gasteiger partial charge in [0, 0.05) is 13.6 Å². The molecule has 3 rings (SSSR count). The molecular weight excluding hydrogens is 394 g/mol. The number of nitrogens with zero attached hydrogens (tertiary/aromatic N) is 2. The number of nitrogens with one attached hydrogen (secondary N) is 1. The van der Waals surface area contributed by atoms with Gasteiger partial charge in [0.15, 0.2) is 11.5 Å². The van der Waals surface area contributed by atoms with Crippen LogP contribution in [0.2, 0.25) is 5.02 Å². The third kappa shape index (κ3) is 5.85. The first-order valence-electron chi connectivity index (χ1n) is 9.27. The lowest BCUT2D eigenvalue weighted by Gasteiger charge is -2.30. The van der Waals surface area contributed by atoms with Crippen molar-refractivity contribution < 1.29 is 19.1 Å². The maximum absolute atomic E-state index is 12.5. The van der Waals surface area contributed by atoms with Crippen molar-refractivity contribution in [3.8, 4) is 11.5 Å². The minimum Gasteiger partial charge on any atom is -0.486 e. The van der Waals surface area contributed by atoms with E-state index in [4.69, 9.17) is 21.1 Å². The van der Waals surface area contributed by atoms with Crippen LogP contribution in [-0.4, -0.2) is 68.1 Å². The van der Waals surface area contributed by atoms with Gasteiger partial charge in [0.25, 0.3) is 0 Å². The molecule has 0 bridgehead atoms. The van der Waals surface area contributed by atoms with E-state index in [1.54, 1.807) is 31.3 Å². The van der Waals surface area contributed by atoms with E-state index in [-0.39, 0.29) is 31.0 Å². The van der Waals surface area contributed by atoms with Crippen LogP contribution in [0.25, 0.3) is 0 Å². The molecule has 2 aromatic carbocycles. The lowest BCUT2D eigenvalue weighted by molar-refractivity contribution is -0.134. The zero-order valence-corrected chi connectivity index (χ0v) is 17.2. The number of halogens is 1. The van der Waals surface area contributed by atoms with Gasteiger partial charge in [-0.3, -0.25) is 14.5 Å². The number of para-hydroxylation sites is 3. The molecule has 0 unspecified atom stereocenters. The lowest BCUT2D eigenvalue weighted by atomic mass is 10.2. The summed E-state index contributed by atoms with van der Waals surface area (Å²) >= 11 is 6.04. The van der Waals surface area contributed by atoms with Crippen LogP contribution in [0, 0.1) is 0 Å². The van der Waals surface area contributed by atoms with Gasteiger partial charge in [-0.15, -0.1) is 0 Å². The third-order valence-electron chi connectivity index (χ3n) is 4.44. The Balaban J connectivity index is 1.44. The second-order valence-electron chi connectivity index (χ2n) is 6.97. The Morgan fingerprint density at radius 2 is 1.76 bits per heavy atom. The van der Waals surface area contributed by atoms with Crippen LogP contribution in [0.15, 0.2) is 48.5 Å². The van der Waals surface area contributed by atoms with Crippen LogP contribution >= 0.6 is 11.6 Å². The van der Waals surface area contributed by atoms with Crippen molar-refractivity contribution in [3.05, 3.63) is 53.6 Å². The molecule has 7 nitrogen and oxygen atoms in total. The summed E-state index contributed by atoms with van der Waals surface area (Å²) in [7, 11) is 3.43. The summed E-state index contributed by atoms with van der Waals surface area (Å²) in [6.07, 6.45) is -0.170. The zero-order chi connectivity index (χ0) is 20.8. The van der Waals surface area contributed by atoms with Crippen LogP contribution in [0.3, 0.4) is 0 Å². The number of amides is 2. The van der Waals surface area contributed by atoms with E-state index >= 15 is 0 Å². The summed E-state index contributed by atoms with van der Waals surface area (Å²) in [5.74, 6) is 0.958. The Bertz CT molecular complexity index is 877. The topological polar surface area (TPSA) is 71.1 Å². The van der Waals surface area contributed by atoms with Crippen molar-refractivity contribution in [2.75, 3.05) is 45.7 Å². The molecule has 0 aliphatic carbocycles. The fourth-order valence-electron chi connectivity index (χ4n) is 2.97. The molecule has 2 aromatic rings. The average molecular weight is 418 g/mol. The Morgan fingerprint density at radius 1 is 1.07 bits per heavy atom. The molecule has 8 heteroatoms. The molecule has 0 saturated heterocycles. The number of hydrogen-bond donors (Lipinski definition) is 1. The number of rotatable bonds is 7. The SMILES string of the molecule is CN(CC(=O)N(C)CC(=O)Nc1ccccc1Cl)C[C@@H]1COc2ccccc2O1. The van der Waals surface area contributed by atoms with Gasteiger partial charge < -0.3 is 19.7 Å². The van der Waals surface area contributed by atoms with E-state index < -0.39 is 0 Å². The first-order valence-corrected chi connectivity index (χ1v) is 9.65. The molecule has 154 valence electrons. The number of carbonyl (C=O) groups is 2. The van der Waals surface area contributed by atoms with Crippen LogP contribution in [0.1, 0.15) is 0 Å². The predicted molar refractivity (Wildman–Crippen MR) is 112 cm³/mol. The average Bonchev–Trinajstić information content (AvgIpc) is 2.69. The van der Waals surface area contributed by atoms with Gasteiger partial charge in [-0.1, -0.05) is 35.9 Å². The number of ether oxygens (including phenoxy) is 2. The zero-order valence-electron chi connectivity index (χ0n) is 16.4. The summed E-state index contributed by atoms with van der Waals surface area (Å²) in [5, 5.41) is 3.16. The highest BCUT2D eigenvalue weighted by Gasteiger charge is 2.23. The molecular formula is C21H24ClN3O4. The summed E-state index contributed by atoms with van der Waals surface area (Å²) in [6, 6.07) is 14.5. The summed E-state index contributed by atoms with van der Waals surface area (Å²) < 4.78 is 11.6. The number of carbonyl (C=O) groups excluding carboxylic acids is 2. The fourth-order valence-corrected chi connectivity index (χ4v) is 3.16. The maximum Gasteiger partial charge on any atom is 0.244 e. The van der Waals surface area contributed by atoms with Crippen molar-refractivity contribution >= 4 is 29.1 Å². The van der Waals surface area contributed by atoms with E-state index in [1.165, 1.54) is 4.90 Å². The number of hydrogen-bond acceptors (Lipinski definition) is 5. The smallest absolute Gasteiger partial charge is 0.244 e. The largest absolute Gasteiger partial charge is 0.486 e. The highest BCUT2D eigenvalue weighted by Crippen LogP contribution is 2.30. The Hall–Kier alpha value is -2.77. The van der Waals surface area contributed by atoms with E-state index in [0.29, 0.717) is 29.6 Å². The molecule has 1 atom stereocenters. The molecule has 0 aromatic heterocycles. The molecule has 2 amide bonds. The second kappa shape index (κ2) is 9.62. The highest BCUT2D eigenvalue weighted by atomic mass is 35.5. The number of anilines is 1. The van der Waals surface area contributed by atoms with Crippen molar-refractivity contribution in [1.29, 1.82) is 0 Å². The van der Waals surface area contributed by atoms with Crippen LogP contribution in [0.5, 0.6) is 11.5 Å². The quantitative estimate of drug-likeness (QED) is 0.749.